The first kappa shape index (κ1) is 12.5. The van der Waals surface area contributed by atoms with Gasteiger partial charge in [0.2, 0.25) is 0 Å². The topological polar surface area (TPSA) is 26.3 Å². The predicted octanol–water partition coefficient (Wildman–Crippen LogP) is 4.07. The number of allylic oxidation sites excluding steroid dienone is 1. The van der Waals surface area contributed by atoms with Crippen molar-refractivity contribution in [1.82, 2.24) is 0 Å². The lowest BCUT2D eigenvalue weighted by atomic mass is 9.92. The van der Waals surface area contributed by atoms with Crippen LogP contribution in [0.15, 0.2) is 29.8 Å². The first-order chi connectivity index (χ1) is 9.28. The Hall–Kier alpha value is -1.57. The van der Waals surface area contributed by atoms with Gasteiger partial charge < -0.3 is 4.74 Å². The molecule has 1 aromatic carbocycles. The van der Waals surface area contributed by atoms with Crippen LogP contribution in [-0.4, -0.2) is 12.6 Å². The number of fused-ring (bicyclic) bond motifs is 2. The van der Waals surface area contributed by atoms with Crippen LogP contribution in [0, 0.1) is 11.8 Å². The van der Waals surface area contributed by atoms with Crippen LogP contribution in [0.25, 0.3) is 6.08 Å². The number of hydrogen-bond acceptors (Lipinski definition) is 2. The maximum Gasteiger partial charge on any atom is 0.338 e. The Morgan fingerprint density at radius 2 is 2.21 bits per heavy atom. The van der Waals surface area contributed by atoms with Crippen LogP contribution >= 0.6 is 0 Å². The average Bonchev–Trinajstić information content (AvgIpc) is 3.02. The van der Waals surface area contributed by atoms with Gasteiger partial charge in [-0.3, -0.25) is 0 Å². The van der Waals surface area contributed by atoms with Gasteiger partial charge in [-0.05, 0) is 56.1 Å². The van der Waals surface area contributed by atoms with Crippen LogP contribution < -0.4 is 0 Å². The van der Waals surface area contributed by atoms with Crippen molar-refractivity contribution in [2.24, 2.45) is 11.8 Å². The molecule has 19 heavy (non-hydrogen) atoms. The summed E-state index contributed by atoms with van der Waals surface area (Å²) in [6.45, 7) is 2.27. The van der Waals surface area contributed by atoms with Crippen LogP contribution in [0.3, 0.4) is 0 Å². The van der Waals surface area contributed by atoms with E-state index in [9.17, 15) is 4.79 Å². The van der Waals surface area contributed by atoms with E-state index in [1.54, 1.807) is 0 Å². The summed E-state index contributed by atoms with van der Waals surface area (Å²) in [5.41, 5.74) is 3.25. The van der Waals surface area contributed by atoms with Crippen molar-refractivity contribution in [1.29, 1.82) is 0 Å². The molecule has 1 aromatic rings. The zero-order valence-corrected chi connectivity index (χ0v) is 11.4. The molecule has 2 heteroatoms. The zero-order valence-electron chi connectivity index (χ0n) is 11.4. The number of carbonyl (C=O) groups excluding carboxylic acids is 1. The van der Waals surface area contributed by atoms with Gasteiger partial charge in [0.15, 0.2) is 0 Å². The molecular weight excluding hydrogens is 236 g/mol. The van der Waals surface area contributed by atoms with E-state index in [1.165, 1.54) is 31.3 Å². The SMILES string of the molecule is CCOC(=O)c1ccccc1C=C1CC2CCC1C2. The smallest absolute Gasteiger partial charge is 0.338 e. The van der Waals surface area contributed by atoms with Crippen molar-refractivity contribution in [2.45, 2.75) is 32.6 Å². The van der Waals surface area contributed by atoms with Gasteiger partial charge in [0.25, 0.3) is 0 Å². The van der Waals surface area contributed by atoms with Crippen LogP contribution in [-0.2, 0) is 4.74 Å². The fraction of sp³-hybridized carbons (Fsp3) is 0.471. The molecular formula is C17H20O2. The van der Waals surface area contributed by atoms with Gasteiger partial charge in [0.1, 0.15) is 0 Å². The van der Waals surface area contributed by atoms with E-state index in [-0.39, 0.29) is 5.97 Å². The lowest BCUT2D eigenvalue weighted by Crippen LogP contribution is -2.07. The van der Waals surface area contributed by atoms with Crippen molar-refractivity contribution >= 4 is 12.0 Å². The average molecular weight is 256 g/mol. The van der Waals surface area contributed by atoms with E-state index in [0.29, 0.717) is 12.2 Å². The monoisotopic (exact) mass is 256 g/mol. The predicted molar refractivity (Wildman–Crippen MR) is 75.8 cm³/mol. The van der Waals surface area contributed by atoms with E-state index in [0.717, 1.165) is 17.4 Å². The molecule has 0 spiro atoms. The van der Waals surface area contributed by atoms with Gasteiger partial charge in [-0.1, -0.05) is 29.8 Å². The highest BCUT2D eigenvalue weighted by Gasteiger charge is 2.35. The number of rotatable bonds is 3. The molecule has 100 valence electrons. The molecule has 2 aliphatic rings. The minimum absolute atomic E-state index is 0.210. The van der Waals surface area contributed by atoms with Crippen LogP contribution in [0.5, 0.6) is 0 Å². The van der Waals surface area contributed by atoms with Crippen LogP contribution in [0.4, 0.5) is 0 Å². The van der Waals surface area contributed by atoms with Crippen LogP contribution in [0.1, 0.15) is 48.5 Å². The second-order valence-electron chi connectivity index (χ2n) is 5.61. The van der Waals surface area contributed by atoms with E-state index < -0.39 is 0 Å². The molecule has 2 unspecified atom stereocenters. The molecule has 0 heterocycles. The number of ether oxygens (including phenoxy) is 1. The van der Waals surface area contributed by atoms with E-state index in [4.69, 9.17) is 4.74 Å². The van der Waals surface area contributed by atoms with E-state index >= 15 is 0 Å². The second kappa shape index (κ2) is 5.20. The number of hydrogen-bond donors (Lipinski definition) is 0. The van der Waals surface area contributed by atoms with Crippen molar-refractivity contribution in [2.75, 3.05) is 6.61 Å². The number of carbonyl (C=O) groups is 1. The molecule has 2 saturated carbocycles. The highest BCUT2D eigenvalue weighted by molar-refractivity contribution is 5.93. The third-order valence-corrected chi connectivity index (χ3v) is 4.39. The summed E-state index contributed by atoms with van der Waals surface area (Å²) in [6.07, 6.45) is 7.53. The zero-order chi connectivity index (χ0) is 13.2. The van der Waals surface area contributed by atoms with E-state index in [2.05, 4.69) is 6.08 Å². The molecule has 0 radical (unpaired) electrons. The highest BCUT2D eigenvalue weighted by atomic mass is 16.5. The lowest BCUT2D eigenvalue weighted by Gasteiger charge is -2.14. The summed E-state index contributed by atoms with van der Waals surface area (Å²) in [4.78, 5) is 11.9. The second-order valence-corrected chi connectivity index (χ2v) is 5.61. The Bertz CT molecular complexity index is 516. The normalized spacial score (nSPS) is 26.9. The Balaban J connectivity index is 1.89. The minimum Gasteiger partial charge on any atom is -0.462 e. The van der Waals surface area contributed by atoms with Gasteiger partial charge in [-0.15, -0.1) is 0 Å². The van der Waals surface area contributed by atoms with Crippen molar-refractivity contribution in [3.63, 3.8) is 0 Å². The summed E-state index contributed by atoms with van der Waals surface area (Å²) in [5, 5.41) is 0. The van der Waals surface area contributed by atoms with Gasteiger partial charge in [0, 0.05) is 0 Å². The van der Waals surface area contributed by atoms with Crippen molar-refractivity contribution in [3.8, 4) is 0 Å². The first-order valence-corrected chi connectivity index (χ1v) is 7.24. The summed E-state index contributed by atoms with van der Waals surface area (Å²) in [6, 6.07) is 7.76. The Kier molecular flexibility index (Phi) is 3.41. The Morgan fingerprint density at radius 1 is 1.37 bits per heavy atom. The van der Waals surface area contributed by atoms with Gasteiger partial charge in [-0.2, -0.15) is 0 Å². The minimum atomic E-state index is -0.210. The molecule has 0 amide bonds. The maximum atomic E-state index is 11.9. The molecule has 2 nitrogen and oxygen atoms in total. The van der Waals surface area contributed by atoms with E-state index in [1.807, 2.05) is 31.2 Å². The molecule has 2 atom stereocenters. The third kappa shape index (κ3) is 2.44. The molecule has 2 aliphatic carbocycles. The third-order valence-electron chi connectivity index (χ3n) is 4.39. The summed E-state index contributed by atoms with van der Waals surface area (Å²) in [7, 11) is 0. The fourth-order valence-electron chi connectivity index (χ4n) is 3.49. The van der Waals surface area contributed by atoms with Gasteiger partial charge in [-0.25, -0.2) is 4.79 Å². The molecule has 0 N–H and O–H groups in total. The molecule has 0 aromatic heterocycles. The van der Waals surface area contributed by atoms with Gasteiger partial charge in [0.05, 0.1) is 12.2 Å². The molecule has 2 fully saturated rings. The standard InChI is InChI=1S/C17H20O2/c1-2-19-17(18)16-6-4-3-5-14(16)11-15-10-12-7-8-13(15)9-12/h3-6,11-13H,2,7-10H2,1H3. The summed E-state index contributed by atoms with van der Waals surface area (Å²) >= 11 is 0. The summed E-state index contributed by atoms with van der Waals surface area (Å²) < 4.78 is 5.13. The molecule has 0 aliphatic heterocycles. The van der Waals surface area contributed by atoms with Gasteiger partial charge >= 0.3 is 5.97 Å². The first-order valence-electron chi connectivity index (χ1n) is 7.24. The molecule has 3 rings (SSSR count). The van der Waals surface area contributed by atoms with Crippen LogP contribution in [0.2, 0.25) is 0 Å². The van der Waals surface area contributed by atoms with Crippen molar-refractivity contribution < 1.29 is 9.53 Å². The maximum absolute atomic E-state index is 11.9. The number of benzene rings is 1. The molecule has 2 bridgehead atoms. The fourth-order valence-corrected chi connectivity index (χ4v) is 3.49. The quantitative estimate of drug-likeness (QED) is 0.762. The van der Waals surface area contributed by atoms with Crippen molar-refractivity contribution in [3.05, 3.63) is 41.0 Å². The Morgan fingerprint density at radius 3 is 2.89 bits per heavy atom. The lowest BCUT2D eigenvalue weighted by molar-refractivity contribution is 0.0526. The summed E-state index contributed by atoms with van der Waals surface area (Å²) in [5.74, 6) is 1.45. The highest BCUT2D eigenvalue weighted by Crippen LogP contribution is 2.48. The Labute approximate surface area is 114 Å². The largest absolute Gasteiger partial charge is 0.462 e. The number of esters is 1. The molecule has 0 saturated heterocycles.